The summed E-state index contributed by atoms with van der Waals surface area (Å²) in [4.78, 5) is 15.1. The molecule has 0 aliphatic heterocycles. The molecule has 0 saturated heterocycles. The summed E-state index contributed by atoms with van der Waals surface area (Å²) in [6.45, 7) is 0.292. The first-order valence-corrected chi connectivity index (χ1v) is 6.11. The third kappa shape index (κ3) is 2.36. The highest BCUT2D eigenvalue weighted by atomic mass is 16.5. The average molecular weight is 251 g/mol. The largest absolute Gasteiger partial charge is 0.457 e. The monoisotopic (exact) mass is 251 g/mol. The third-order valence-corrected chi connectivity index (χ3v) is 3.04. The molecule has 0 unspecified atom stereocenters. The Bertz CT molecular complexity index is 701. The number of aromatic nitrogens is 1. The van der Waals surface area contributed by atoms with E-state index in [1.807, 2.05) is 54.9 Å². The summed E-state index contributed by atoms with van der Waals surface area (Å²) in [5.74, 6) is -0.297. The van der Waals surface area contributed by atoms with Gasteiger partial charge in [-0.1, -0.05) is 42.5 Å². The van der Waals surface area contributed by atoms with Crippen LogP contribution in [-0.4, -0.2) is 11.0 Å². The van der Waals surface area contributed by atoms with Gasteiger partial charge in [0.25, 0.3) is 0 Å². The summed E-state index contributed by atoms with van der Waals surface area (Å²) in [6, 6.07) is 15.3. The van der Waals surface area contributed by atoms with E-state index < -0.39 is 0 Å². The molecule has 3 rings (SSSR count). The summed E-state index contributed by atoms with van der Waals surface area (Å²) in [7, 11) is 0. The van der Waals surface area contributed by atoms with Crippen LogP contribution in [0.25, 0.3) is 10.8 Å². The molecule has 3 aromatic rings. The Kier molecular flexibility index (Phi) is 3.02. The zero-order chi connectivity index (χ0) is 13.1. The van der Waals surface area contributed by atoms with E-state index in [0.29, 0.717) is 12.2 Å². The van der Waals surface area contributed by atoms with Crippen molar-refractivity contribution < 1.29 is 9.53 Å². The molecule has 0 saturated carbocycles. The van der Waals surface area contributed by atoms with E-state index in [4.69, 9.17) is 4.74 Å². The number of aromatic amines is 1. The molecule has 0 fully saturated rings. The standard InChI is InChI=1S/C16H13NO2/c18-16(19-11-12-5-2-1-3-6-12)14-8-4-7-13-9-17-10-15(13)14/h1-10,17H,11H2. The fourth-order valence-electron chi connectivity index (χ4n) is 2.06. The van der Waals surface area contributed by atoms with Gasteiger partial charge in [0.15, 0.2) is 0 Å². The van der Waals surface area contributed by atoms with E-state index in [1.165, 1.54) is 0 Å². The van der Waals surface area contributed by atoms with E-state index in [9.17, 15) is 4.79 Å². The fraction of sp³-hybridized carbons (Fsp3) is 0.0625. The Morgan fingerprint density at radius 2 is 1.84 bits per heavy atom. The fourth-order valence-corrected chi connectivity index (χ4v) is 2.06. The predicted molar refractivity (Wildman–Crippen MR) is 73.9 cm³/mol. The van der Waals surface area contributed by atoms with Gasteiger partial charge in [-0.3, -0.25) is 0 Å². The molecule has 3 nitrogen and oxygen atoms in total. The van der Waals surface area contributed by atoms with E-state index in [1.54, 1.807) is 6.07 Å². The molecular weight excluding hydrogens is 238 g/mol. The molecule has 94 valence electrons. The van der Waals surface area contributed by atoms with Crippen LogP contribution in [0.1, 0.15) is 15.9 Å². The number of fused-ring (bicyclic) bond motifs is 1. The normalized spacial score (nSPS) is 10.5. The third-order valence-electron chi connectivity index (χ3n) is 3.04. The molecule has 0 radical (unpaired) electrons. The van der Waals surface area contributed by atoms with Gasteiger partial charge in [0.1, 0.15) is 6.61 Å². The van der Waals surface area contributed by atoms with Crippen LogP contribution in [0.3, 0.4) is 0 Å². The van der Waals surface area contributed by atoms with Crippen molar-refractivity contribution in [1.82, 2.24) is 4.98 Å². The number of carbonyl (C=O) groups excluding carboxylic acids is 1. The number of nitrogens with one attached hydrogen (secondary N) is 1. The topological polar surface area (TPSA) is 42.1 Å². The average Bonchev–Trinajstić information content (AvgIpc) is 2.94. The molecule has 0 aliphatic rings. The van der Waals surface area contributed by atoms with E-state index in [2.05, 4.69) is 4.98 Å². The zero-order valence-electron chi connectivity index (χ0n) is 10.3. The summed E-state index contributed by atoms with van der Waals surface area (Å²) in [5.41, 5.74) is 1.58. The maximum atomic E-state index is 12.1. The molecule has 0 spiro atoms. The highest BCUT2D eigenvalue weighted by Gasteiger charge is 2.11. The maximum absolute atomic E-state index is 12.1. The number of hydrogen-bond donors (Lipinski definition) is 1. The van der Waals surface area contributed by atoms with E-state index >= 15 is 0 Å². The van der Waals surface area contributed by atoms with Crippen LogP contribution in [-0.2, 0) is 11.3 Å². The first-order chi connectivity index (χ1) is 9.34. The van der Waals surface area contributed by atoms with Gasteiger partial charge in [0.05, 0.1) is 5.56 Å². The second-order valence-electron chi connectivity index (χ2n) is 4.33. The molecule has 2 aromatic carbocycles. The van der Waals surface area contributed by atoms with Crippen LogP contribution in [0.15, 0.2) is 60.9 Å². The van der Waals surface area contributed by atoms with Gasteiger partial charge in [-0.2, -0.15) is 0 Å². The second kappa shape index (κ2) is 4.98. The molecule has 1 heterocycles. The number of carbonyl (C=O) groups is 1. The number of H-pyrrole nitrogens is 1. The zero-order valence-corrected chi connectivity index (χ0v) is 10.3. The van der Waals surface area contributed by atoms with Gasteiger partial charge in [0, 0.05) is 17.8 Å². The summed E-state index contributed by atoms with van der Waals surface area (Å²) < 4.78 is 5.34. The summed E-state index contributed by atoms with van der Waals surface area (Å²) >= 11 is 0. The van der Waals surface area contributed by atoms with Gasteiger partial charge in [0.2, 0.25) is 0 Å². The lowest BCUT2D eigenvalue weighted by Crippen LogP contribution is -2.05. The van der Waals surface area contributed by atoms with Crippen molar-refractivity contribution in [2.45, 2.75) is 6.61 Å². The van der Waals surface area contributed by atoms with Crippen LogP contribution in [0.2, 0.25) is 0 Å². The SMILES string of the molecule is O=C(OCc1ccccc1)c1cccc2c[nH]cc12. The van der Waals surface area contributed by atoms with Gasteiger partial charge in [-0.15, -0.1) is 0 Å². The van der Waals surface area contributed by atoms with Crippen LogP contribution in [0, 0.1) is 0 Å². The molecule has 0 aliphatic carbocycles. The van der Waals surface area contributed by atoms with E-state index in [0.717, 1.165) is 16.3 Å². The van der Waals surface area contributed by atoms with Crippen LogP contribution in [0.4, 0.5) is 0 Å². The van der Waals surface area contributed by atoms with Crippen molar-refractivity contribution in [3.05, 3.63) is 72.1 Å². The lowest BCUT2D eigenvalue weighted by Gasteiger charge is -2.05. The van der Waals surface area contributed by atoms with Crippen molar-refractivity contribution in [1.29, 1.82) is 0 Å². The predicted octanol–water partition coefficient (Wildman–Crippen LogP) is 3.52. The Morgan fingerprint density at radius 1 is 1.00 bits per heavy atom. The number of rotatable bonds is 3. The maximum Gasteiger partial charge on any atom is 0.339 e. The van der Waals surface area contributed by atoms with Crippen molar-refractivity contribution >= 4 is 16.7 Å². The Labute approximate surface area is 110 Å². The van der Waals surface area contributed by atoms with E-state index in [-0.39, 0.29) is 5.97 Å². The summed E-state index contributed by atoms with van der Waals surface area (Å²) in [6.07, 6.45) is 3.68. The lowest BCUT2D eigenvalue weighted by molar-refractivity contribution is 0.0475. The minimum Gasteiger partial charge on any atom is -0.457 e. The number of esters is 1. The van der Waals surface area contributed by atoms with Gasteiger partial charge >= 0.3 is 5.97 Å². The highest BCUT2D eigenvalue weighted by molar-refractivity contribution is 6.04. The molecule has 0 atom stereocenters. The lowest BCUT2D eigenvalue weighted by atomic mass is 10.1. The Balaban J connectivity index is 1.79. The highest BCUT2D eigenvalue weighted by Crippen LogP contribution is 2.19. The number of ether oxygens (including phenoxy) is 1. The number of hydrogen-bond acceptors (Lipinski definition) is 2. The van der Waals surface area contributed by atoms with Crippen molar-refractivity contribution in [3.8, 4) is 0 Å². The molecular formula is C16H13NO2. The van der Waals surface area contributed by atoms with Crippen molar-refractivity contribution in [2.75, 3.05) is 0 Å². The Morgan fingerprint density at radius 3 is 2.68 bits per heavy atom. The number of benzene rings is 2. The molecule has 1 N–H and O–H groups in total. The smallest absolute Gasteiger partial charge is 0.339 e. The van der Waals surface area contributed by atoms with Crippen LogP contribution >= 0.6 is 0 Å². The quantitative estimate of drug-likeness (QED) is 0.723. The minimum absolute atomic E-state index is 0.292. The van der Waals surface area contributed by atoms with Crippen LogP contribution in [0.5, 0.6) is 0 Å². The van der Waals surface area contributed by atoms with Crippen molar-refractivity contribution in [3.63, 3.8) is 0 Å². The molecule has 3 heteroatoms. The van der Waals surface area contributed by atoms with Gasteiger partial charge in [-0.25, -0.2) is 4.79 Å². The molecule has 19 heavy (non-hydrogen) atoms. The van der Waals surface area contributed by atoms with Gasteiger partial charge < -0.3 is 9.72 Å². The van der Waals surface area contributed by atoms with Crippen molar-refractivity contribution in [2.24, 2.45) is 0 Å². The molecule has 0 amide bonds. The van der Waals surface area contributed by atoms with Gasteiger partial charge in [-0.05, 0) is 17.0 Å². The second-order valence-corrected chi connectivity index (χ2v) is 4.33. The minimum atomic E-state index is -0.297. The Hall–Kier alpha value is -2.55. The molecule has 1 aromatic heterocycles. The summed E-state index contributed by atoms with van der Waals surface area (Å²) in [5, 5.41) is 1.90. The first kappa shape index (κ1) is 11.5. The first-order valence-electron chi connectivity index (χ1n) is 6.11. The van der Waals surface area contributed by atoms with Crippen LogP contribution < -0.4 is 0 Å². The molecule has 0 bridgehead atoms.